The number of rotatable bonds is 6. The molecule has 0 aliphatic rings. The summed E-state index contributed by atoms with van der Waals surface area (Å²) in [7, 11) is -1.78. The smallest absolute Gasteiger partial charge is 0.416 e. The third-order valence-electron chi connectivity index (χ3n) is 4.39. The maximum absolute atomic E-state index is 12.7. The van der Waals surface area contributed by atoms with Crippen molar-refractivity contribution in [2.75, 3.05) is 18.1 Å². The average Bonchev–Trinajstić information content (AvgIpc) is 2.43. The van der Waals surface area contributed by atoms with Gasteiger partial charge < -0.3 is 9.16 Å². The van der Waals surface area contributed by atoms with Gasteiger partial charge in [-0.1, -0.05) is 20.8 Å². The van der Waals surface area contributed by atoms with Crippen LogP contribution in [0, 0.1) is 3.57 Å². The SMILES string of the molecule is CC(C)(C)OC(=O)N(CCCO[Si](C)(C)C(C)(C)C)c1cc(I)ccn1. The second-order valence-electron chi connectivity index (χ2n) is 8.93. The van der Waals surface area contributed by atoms with E-state index in [1.165, 1.54) is 0 Å². The summed E-state index contributed by atoms with van der Waals surface area (Å²) in [6.07, 6.45) is 2.07. The number of carbonyl (C=O) groups excluding carboxylic acids is 1. The number of hydrogen-bond donors (Lipinski definition) is 0. The van der Waals surface area contributed by atoms with Crippen molar-refractivity contribution in [3.63, 3.8) is 0 Å². The highest BCUT2D eigenvalue weighted by atomic mass is 127. The summed E-state index contributed by atoms with van der Waals surface area (Å²) in [5, 5.41) is 0.176. The molecule has 148 valence electrons. The standard InChI is InChI=1S/C19H33IN2O3Si/c1-18(2,3)25-17(23)22(16-14-15(20)10-11-21-16)12-9-13-24-26(7,8)19(4,5)6/h10-11,14H,9,12-13H2,1-8H3. The van der Waals surface area contributed by atoms with E-state index < -0.39 is 13.9 Å². The van der Waals surface area contributed by atoms with Crippen molar-refractivity contribution in [2.24, 2.45) is 0 Å². The van der Waals surface area contributed by atoms with Gasteiger partial charge in [0.15, 0.2) is 8.32 Å². The van der Waals surface area contributed by atoms with Gasteiger partial charge in [0.1, 0.15) is 11.4 Å². The van der Waals surface area contributed by atoms with E-state index in [1.54, 1.807) is 11.1 Å². The van der Waals surface area contributed by atoms with Gasteiger partial charge in [0, 0.05) is 22.9 Å². The molecule has 0 radical (unpaired) electrons. The van der Waals surface area contributed by atoms with E-state index in [-0.39, 0.29) is 11.1 Å². The zero-order valence-corrected chi connectivity index (χ0v) is 20.5. The number of amides is 1. The van der Waals surface area contributed by atoms with Gasteiger partial charge in [-0.25, -0.2) is 9.78 Å². The van der Waals surface area contributed by atoms with Crippen molar-refractivity contribution >= 4 is 42.8 Å². The van der Waals surface area contributed by atoms with Gasteiger partial charge in [-0.15, -0.1) is 0 Å². The highest BCUT2D eigenvalue weighted by molar-refractivity contribution is 14.1. The van der Waals surface area contributed by atoms with Gasteiger partial charge in [0.2, 0.25) is 0 Å². The predicted octanol–water partition coefficient (Wildman–Crippen LogP) is 5.84. The molecule has 0 aliphatic heterocycles. The molecule has 1 aromatic rings. The molecule has 0 saturated carbocycles. The molecule has 0 aliphatic carbocycles. The number of pyridine rings is 1. The van der Waals surface area contributed by atoms with Crippen molar-refractivity contribution < 1.29 is 14.0 Å². The van der Waals surface area contributed by atoms with E-state index in [0.717, 1.165) is 9.99 Å². The molecule has 1 heterocycles. The van der Waals surface area contributed by atoms with Crippen LogP contribution in [0.4, 0.5) is 10.6 Å². The lowest BCUT2D eigenvalue weighted by molar-refractivity contribution is 0.0577. The van der Waals surface area contributed by atoms with E-state index in [0.29, 0.717) is 19.0 Å². The van der Waals surface area contributed by atoms with Crippen molar-refractivity contribution in [3.05, 3.63) is 21.9 Å². The van der Waals surface area contributed by atoms with E-state index >= 15 is 0 Å². The van der Waals surface area contributed by atoms with Gasteiger partial charge in [0.05, 0.1) is 0 Å². The number of halogens is 1. The zero-order valence-electron chi connectivity index (χ0n) is 17.4. The lowest BCUT2D eigenvalue weighted by atomic mass is 10.2. The van der Waals surface area contributed by atoms with Gasteiger partial charge in [-0.2, -0.15) is 0 Å². The Labute approximate surface area is 173 Å². The fourth-order valence-electron chi connectivity index (χ4n) is 1.92. The first-order valence-electron chi connectivity index (χ1n) is 8.99. The van der Waals surface area contributed by atoms with E-state index in [1.807, 2.05) is 32.9 Å². The molecule has 1 amide bonds. The molecule has 1 aromatic heterocycles. The first-order valence-corrected chi connectivity index (χ1v) is 13.0. The Kier molecular flexibility index (Phi) is 8.10. The summed E-state index contributed by atoms with van der Waals surface area (Å²) < 4.78 is 12.8. The number of nitrogens with zero attached hydrogens (tertiary/aromatic N) is 2. The topological polar surface area (TPSA) is 51.7 Å². The van der Waals surface area contributed by atoms with Crippen molar-refractivity contribution in [2.45, 2.75) is 71.7 Å². The average molecular weight is 492 g/mol. The molecule has 0 unspecified atom stereocenters. The molecular weight excluding hydrogens is 459 g/mol. The van der Waals surface area contributed by atoms with Gasteiger partial charge in [0.25, 0.3) is 0 Å². The van der Waals surface area contributed by atoms with Crippen LogP contribution >= 0.6 is 22.6 Å². The normalized spacial score (nSPS) is 12.8. The van der Waals surface area contributed by atoms with Crippen LogP contribution in [0.15, 0.2) is 18.3 Å². The minimum Gasteiger partial charge on any atom is -0.443 e. The summed E-state index contributed by atoms with van der Waals surface area (Å²) >= 11 is 2.22. The highest BCUT2D eigenvalue weighted by Gasteiger charge is 2.37. The molecule has 0 N–H and O–H groups in total. The summed E-state index contributed by atoms with van der Waals surface area (Å²) in [5.41, 5.74) is -0.547. The highest BCUT2D eigenvalue weighted by Crippen LogP contribution is 2.36. The third kappa shape index (κ3) is 7.52. The number of hydrogen-bond acceptors (Lipinski definition) is 4. The van der Waals surface area contributed by atoms with Crippen LogP contribution in [0.25, 0.3) is 0 Å². The van der Waals surface area contributed by atoms with Gasteiger partial charge in [-0.05, 0) is 80.0 Å². The Bertz CT molecular complexity index is 610. The van der Waals surface area contributed by atoms with Crippen LogP contribution in [-0.2, 0) is 9.16 Å². The quantitative estimate of drug-likeness (QED) is 0.285. The largest absolute Gasteiger partial charge is 0.443 e. The minimum absolute atomic E-state index is 0.176. The van der Waals surface area contributed by atoms with Crippen LogP contribution in [-0.4, -0.2) is 38.1 Å². The number of anilines is 1. The molecule has 26 heavy (non-hydrogen) atoms. The number of aromatic nitrogens is 1. The monoisotopic (exact) mass is 492 g/mol. The summed E-state index contributed by atoms with van der Waals surface area (Å²) in [6.45, 7) is 17.9. The van der Waals surface area contributed by atoms with Crippen LogP contribution in [0.3, 0.4) is 0 Å². The molecule has 0 aromatic carbocycles. The molecule has 1 rings (SSSR count). The fourth-order valence-corrected chi connectivity index (χ4v) is 3.45. The Morgan fingerprint density at radius 2 is 1.85 bits per heavy atom. The molecular formula is C19H33IN2O3Si. The van der Waals surface area contributed by atoms with Crippen molar-refractivity contribution in [1.29, 1.82) is 0 Å². The lowest BCUT2D eigenvalue weighted by Gasteiger charge is -2.36. The summed E-state index contributed by atoms with van der Waals surface area (Å²) in [4.78, 5) is 18.6. The molecule has 0 spiro atoms. The molecule has 0 fully saturated rings. The maximum Gasteiger partial charge on any atom is 0.416 e. The zero-order chi connectivity index (χ0) is 20.2. The van der Waals surface area contributed by atoms with Crippen LogP contribution in [0.5, 0.6) is 0 Å². The maximum atomic E-state index is 12.7. The minimum atomic E-state index is -1.78. The second-order valence-corrected chi connectivity index (χ2v) is 15.0. The Balaban J connectivity index is 2.79. The fraction of sp³-hybridized carbons (Fsp3) is 0.684. The molecule has 0 atom stereocenters. The Hall–Kier alpha value is -0.673. The van der Waals surface area contributed by atoms with E-state index in [2.05, 4.69) is 61.4 Å². The van der Waals surface area contributed by atoms with Crippen molar-refractivity contribution in [3.8, 4) is 0 Å². The Morgan fingerprint density at radius 3 is 2.35 bits per heavy atom. The number of carbonyl (C=O) groups is 1. The summed E-state index contributed by atoms with van der Waals surface area (Å²) in [5.74, 6) is 0.610. The van der Waals surface area contributed by atoms with Gasteiger partial charge in [-0.3, -0.25) is 4.90 Å². The van der Waals surface area contributed by atoms with Crippen LogP contribution in [0.1, 0.15) is 48.0 Å². The van der Waals surface area contributed by atoms with Crippen molar-refractivity contribution in [1.82, 2.24) is 4.98 Å². The molecule has 0 bridgehead atoms. The summed E-state index contributed by atoms with van der Waals surface area (Å²) in [6, 6.07) is 3.79. The lowest BCUT2D eigenvalue weighted by Crippen LogP contribution is -2.42. The third-order valence-corrected chi connectivity index (χ3v) is 9.60. The predicted molar refractivity (Wildman–Crippen MR) is 118 cm³/mol. The molecule has 7 heteroatoms. The molecule has 5 nitrogen and oxygen atoms in total. The second kappa shape index (κ2) is 9.01. The first kappa shape index (κ1) is 23.4. The van der Waals surface area contributed by atoms with Crippen LogP contribution < -0.4 is 4.90 Å². The van der Waals surface area contributed by atoms with E-state index in [4.69, 9.17) is 9.16 Å². The Morgan fingerprint density at radius 1 is 1.23 bits per heavy atom. The van der Waals surface area contributed by atoms with Gasteiger partial charge >= 0.3 is 6.09 Å². The van der Waals surface area contributed by atoms with E-state index in [9.17, 15) is 4.79 Å². The van der Waals surface area contributed by atoms with Crippen LogP contribution in [0.2, 0.25) is 18.1 Å². The first-order chi connectivity index (χ1) is 11.7. The molecule has 0 saturated heterocycles. The number of ether oxygens (including phenoxy) is 1.